The van der Waals surface area contributed by atoms with Crippen LogP contribution in [-0.4, -0.2) is 29.1 Å². The Balaban J connectivity index is 1.18. The molecule has 0 radical (unpaired) electrons. The van der Waals surface area contributed by atoms with Crippen molar-refractivity contribution in [3.8, 4) is 34.0 Å². The van der Waals surface area contributed by atoms with E-state index in [4.69, 9.17) is 15.0 Å². The Kier molecular flexibility index (Phi) is 6.40. The fraction of sp³-hybridized carbons (Fsp3) is 0. The van der Waals surface area contributed by atoms with Crippen molar-refractivity contribution in [2.24, 2.45) is 0 Å². The molecule has 12 aromatic rings. The van der Waals surface area contributed by atoms with Gasteiger partial charge in [-0.15, -0.1) is 11.3 Å². The van der Waals surface area contributed by atoms with E-state index in [-0.39, 0.29) is 0 Å². The van der Waals surface area contributed by atoms with E-state index in [2.05, 4.69) is 154 Å². The van der Waals surface area contributed by atoms with Gasteiger partial charge in [-0.25, -0.2) is 19.9 Å². The average molecular weight is 721 g/mol. The van der Waals surface area contributed by atoms with Crippen molar-refractivity contribution in [3.05, 3.63) is 170 Å². The first-order valence-electron chi connectivity index (χ1n) is 18.3. The molecule has 0 fully saturated rings. The van der Waals surface area contributed by atoms with Crippen LogP contribution in [0, 0.1) is 0 Å². The number of thiophene rings is 1. The van der Waals surface area contributed by atoms with E-state index in [9.17, 15) is 0 Å². The molecular formula is C48H28N6S. The maximum absolute atomic E-state index is 5.16. The van der Waals surface area contributed by atoms with E-state index in [1.165, 1.54) is 37.3 Å². The fourth-order valence-corrected chi connectivity index (χ4v) is 9.75. The summed E-state index contributed by atoms with van der Waals surface area (Å²) < 4.78 is 7.15. The van der Waals surface area contributed by atoms with Crippen molar-refractivity contribution >= 4 is 86.2 Å². The highest BCUT2D eigenvalue weighted by molar-refractivity contribution is 7.27. The number of hydrogen-bond donors (Lipinski definition) is 0. The molecule has 0 saturated carbocycles. The summed E-state index contributed by atoms with van der Waals surface area (Å²) >= 11 is 1.78. The third-order valence-electron chi connectivity index (χ3n) is 10.9. The monoisotopic (exact) mass is 720 g/mol. The van der Waals surface area contributed by atoms with Gasteiger partial charge in [-0.1, -0.05) is 103 Å². The third kappa shape index (κ3) is 4.35. The van der Waals surface area contributed by atoms with E-state index in [0.29, 0.717) is 5.82 Å². The van der Waals surface area contributed by atoms with Crippen LogP contribution in [0.3, 0.4) is 0 Å². The average Bonchev–Trinajstić information content (AvgIpc) is 3.92. The summed E-state index contributed by atoms with van der Waals surface area (Å²) in [6, 6.07) is 55.6. The fourth-order valence-electron chi connectivity index (χ4n) is 8.56. The van der Waals surface area contributed by atoms with Gasteiger partial charge in [-0.3, -0.25) is 0 Å². The number of nitrogens with zero attached hydrogens (tertiary/aromatic N) is 6. The number of benzene rings is 7. The zero-order chi connectivity index (χ0) is 36.0. The molecule has 0 aliphatic carbocycles. The Bertz CT molecular complexity index is 3470. The number of aromatic nitrogens is 6. The van der Waals surface area contributed by atoms with Gasteiger partial charge < -0.3 is 9.13 Å². The predicted molar refractivity (Wildman–Crippen MR) is 228 cm³/mol. The zero-order valence-corrected chi connectivity index (χ0v) is 30.1. The Morgan fingerprint density at radius 1 is 0.473 bits per heavy atom. The lowest BCUT2D eigenvalue weighted by atomic mass is 10.0. The van der Waals surface area contributed by atoms with Crippen molar-refractivity contribution in [3.63, 3.8) is 0 Å². The highest BCUT2D eigenvalue weighted by Gasteiger charge is 2.27. The third-order valence-corrected chi connectivity index (χ3v) is 12.0. The van der Waals surface area contributed by atoms with E-state index in [0.717, 1.165) is 65.7 Å². The molecule has 5 heterocycles. The van der Waals surface area contributed by atoms with Crippen molar-refractivity contribution in [2.45, 2.75) is 0 Å². The van der Waals surface area contributed by atoms with Crippen molar-refractivity contribution in [2.75, 3.05) is 0 Å². The lowest BCUT2D eigenvalue weighted by Crippen LogP contribution is -1.97. The van der Waals surface area contributed by atoms with Gasteiger partial charge >= 0.3 is 0 Å². The molecule has 0 N–H and O–H groups in total. The second kappa shape index (κ2) is 11.6. The molecule has 6 nitrogen and oxygen atoms in total. The van der Waals surface area contributed by atoms with E-state index in [1.54, 1.807) is 17.7 Å². The molecule has 0 atom stereocenters. The molecule has 55 heavy (non-hydrogen) atoms. The lowest BCUT2D eigenvalue weighted by Gasteiger charge is -2.12. The second-order valence-electron chi connectivity index (χ2n) is 13.9. The molecule has 7 aromatic carbocycles. The van der Waals surface area contributed by atoms with Crippen molar-refractivity contribution < 1.29 is 0 Å². The summed E-state index contributed by atoms with van der Waals surface area (Å²) in [6.45, 7) is 0. The first kappa shape index (κ1) is 30.3. The maximum Gasteiger partial charge on any atom is 0.160 e. The molecule has 0 amide bonds. The summed E-state index contributed by atoms with van der Waals surface area (Å²) in [4.78, 5) is 19.6. The van der Waals surface area contributed by atoms with E-state index >= 15 is 0 Å². The normalized spacial score (nSPS) is 12.0. The van der Waals surface area contributed by atoms with Crippen LogP contribution in [0.15, 0.2) is 170 Å². The minimum atomic E-state index is 0.698. The van der Waals surface area contributed by atoms with Gasteiger partial charge in [0.1, 0.15) is 6.33 Å². The van der Waals surface area contributed by atoms with Crippen LogP contribution in [-0.2, 0) is 0 Å². The molecule has 7 heteroatoms. The smallest absolute Gasteiger partial charge is 0.160 e. The van der Waals surface area contributed by atoms with Gasteiger partial charge in [-0.2, -0.15) is 0 Å². The van der Waals surface area contributed by atoms with Crippen LogP contribution >= 0.6 is 11.3 Å². The van der Waals surface area contributed by atoms with Gasteiger partial charge in [0.15, 0.2) is 5.82 Å². The summed E-state index contributed by atoms with van der Waals surface area (Å²) in [5, 5.41) is 7.03. The number of para-hydroxylation sites is 4. The first-order valence-corrected chi connectivity index (χ1v) is 19.1. The van der Waals surface area contributed by atoms with E-state index < -0.39 is 0 Å². The van der Waals surface area contributed by atoms with Crippen LogP contribution in [0.1, 0.15) is 0 Å². The Labute approximate surface area is 318 Å². The molecule has 0 spiro atoms. The summed E-state index contributed by atoms with van der Waals surface area (Å²) in [5.74, 6) is 0.698. The second-order valence-corrected chi connectivity index (χ2v) is 14.9. The van der Waals surface area contributed by atoms with Gasteiger partial charge in [0, 0.05) is 65.7 Å². The van der Waals surface area contributed by atoms with Gasteiger partial charge in [-0.05, 0) is 54.6 Å². The largest absolute Gasteiger partial charge is 0.308 e. The van der Waals surface area contributed by atoms with E-state index in [1.807, 2.05) is 24.4 Å². The Morgan fingerprint density at radius 3 is 1.82 bits per heavy atom. The summed E-state index contributed by atoms with van der Waals surface area (Å²) in [5.41, 5.74) is 11.7. The molecule has 0 unspecified atom stereocenters. The SMILES string of the molecule is c1ccc(-c2nc(-c3ccc(-n4c5ccccc5c5c6c(c7ccccc7n6-c6ccccc6)c6sc7cncnc7c6c54)cc3)nc3ccccc23)cc1. The quantitative estimate of drug-likeness (QED) is 0.182. The predicted octanol–water partition coefficient (Wildman–Crippen LogP) is 12.3. The first-order chi connectivity index (χ1) is 27.3. The summed E-state index contributed by atoms with van der Waals surface area (Å²) in [6.07, 6.45) is 3.63. The number of rotatable bonds is 4. The van der Waals surface area contributed by atoms with Crippen molar-refractivity contribution in [1.29, 1.82) is 0 Å². The Morgan fingerprint density at radius 2 is 1.07 bits per heavy atom. The van der Waals surface area contributed by atoms with Crippen molar-refractivity contribution in [1.82, 2.24) is 29.1 Å². The topological polar surface area (TPSA) is 61.4 Å². The standard InChI is InChI=1S/C48H28N6S/c1-3-13-29(14-4-1)43-33-17-7-10-20-36(33)51-48(52-43)30-23-25-32(26-24-30)54-37-21-11-8-18-34(37)40-45-41(47-42(46(40)54)44-39(55-47)27-49-28-50-44)35-19-9-12-22-38(35)53(45)31-15-5-2-6-16-31/h1-28H. The van der Waals surface area contributed by atoms with Crippen LogP contribution in [0.5, 0.6) is 0 Å². The maximum atomic E-state index is 5.16. The lowest BCUT2D eigenvalue weighted by molar-refractivity contribution is 1.17. The van der Waals surface area contributed by atoms with Crippen LogP contribution in [0.4, 0.5) is 0 Å². The van der Waals surface area contributed by atoms with Gasteiger partial charge in [0.25, 0.3) is 0 Å². The highest BCUT2D eigenvalue weighted by atomic mass is 32.1. The highest BCUT2D eigenvalue weighted by Crippen LogP contribution is 2.50. The molecule has 256 valence electrons. The molecule has 0 saturated heterocycles. The number of fused-ring (bicyclic) bond motifs is 13. The zero-order valence-electron chi connectivity index (χ0n) is 29.3. The Hall–Kier alpha value is -7.22. The number of hydrogen-bond acceptors (Lipinski definition) is 5. The van der Waals surface area contributed by atoms with Gasteiger partial charge in [0.05, 0.1) is 43.5 Å². The van der Waals surface area contributed by atoms with Gasteiger partial charge in [0.2, 0.25) is 0 Å². The minimum absolute atomic E-state index is 0.698. The summed E-state index contributed by atoms with van der Waals surface area (Å²) in [7, 11) is 0. The molecule has 0 aliphatic rings. The molecule has 5 aromatic heterocycles. The van der Waals surface area contributed by atoms with Crippen LogP contribution in [0.25, 0.3) is 109 Å². The molecule has 12 rings (SSSR count). The van der Waals surface area contributed by atoms with Crippen LogP contribution < -0.4 is 0 Å². The molecule has 0 aliphatic heterocycles. The molecular weight excluding hydrogens is 693 g/mol. The molecule has 0 bridgehead atoms. The van der Waals surface area contributed by atoms with Crippen LogP contribution in [0.2, 0.25) is 0 Å². The minimum Gasteiger partial charge on any atom is -0.308 e.